The van der Waals surface area contributed by atoms with Crippen LogP contribution in [-0.4, -0.2) is 18.4 Å². The topological polar surface area (TPSA) is 31.6 Å². The monoisotopic (exact) mass is 202 g/mol. The number of aromatic nitrogens is 2. The zero-order valence-corrected chi connectivity index (χ0v) is 7.33. The maximum atomic E-state index is 2.86. The van der Waals surface area contributed by atoms with E-state index in [0.717, 1.165) is 0 Å². The second kappa shape index (κ2) is 17.5. The van der Waals surface area contributed by atoms with Gasteiger partial charge in [-0.2, -0.15) is 0 Å². The van der Waals surface area contributed by atoms with Crippen LogP contribution < -0.4 is 14.1 Å². The first-order chi connectivity index (χ1) is 5.00. The molecular weight excluding hydrogens is 192 g/mol. The quantitative estimate of drug-likeness (QED) is 0.398. The maximum absolute atomic E-state index is 2.86. The molecule has 0 aromatic carbocycles. The maximum Gasteiger partial charge on any atom is 3.00 e. The minimum Gasteiger partial charge on any atom is -1.00 e. The molecule has 2 nitrogen and oxygen atoms in total. The third kappa shape index (κ3) is 13.0. The molecule has 0 spiro atoms. The van der Waals surface area contributed by atoms with E-state index in [1.165, 1.54) is 0 Å². The molecule has 0 amide bonds. The van der Waals surface area contributed by atoms with E-state index in [1.807, 2.05) is 49.1 Å². The van der Waals surface area contributed by atoms with E-state index >= 15 is 0 Å². The van der Waals surface area contributed by atoms with Gasteiger partial charge in [0.1, 0.15) is 0 Å². The van der Waals surface area contributed by atoms with E-state index in [9.17, 15) is 0 Å². The van der Waals surface area contributed by atoms with Gasteiger partial charge >= 0.3 is 8.41 Å². The Hall–Kier alpha value is -1.59. The van der Waals surface area contributed by atoms with Crippen LogP contribution in [-0.2, 0) is 0 Å². The van der Waals surface area contributed by atoms with Crippen molar-refractivity contribution < 1.29 is 14.1 Å². The number of rotatable bonds is 0. The molecule has 0 fully saturated rings. The fourth-order valence-electron chi connectivity index (χ4n) is 0.556. The third-order valence-corrected chi connectivity index (χ3v) is 0.992. The van der Waals surface area contributed by atoms with Crippen LogP contribution in [0.1, 0.15) is 0 Å². The van der Waals surface area contributed by atoms with Crippen molar-refractivity contribution in [2.75, 3.05) is 0 Å². The molecular formula is C8H10BF3N2. The Morgan fingerprint density at radius 2 is 0.714 bits per heavy atom. The third-order valence-electron chi connectivity index (χ3n) is 0.992. The Bertz CT molecular complexity index is 162. The van der Waals surface area contributed by atoms with Gasteiger partial charge < -0.3 is 24.1 Å². The number of halogens is 3. The summed E-state index contributed by atoms with van der Waals surface area (Å²) in [5, 5.41) is 0. The number of hydrogen-bond donors (Lipinski definition) is 2. The van der Waals surface area contributed by atoms with E-state index in [4.69, 9.17) is 0 Å². The van der Waals surface area contributed by atoms with Crippen LogP contribution in [0.25, 0.3) is 0 Å². The number of H-pyrrole nitrogens is 2. The van der Waals surface area contributed by atoms with Crippen molar-refractivity contribution in [1.29, 1.82) is 0 Å². The molecule has 76 valence electrons. The summed E-state index contributed by atoms with van der Waals surface area (Å²) in [6.45, 7) is 0. The number of aromatic amines is 2. The van der Waals surface area contributed by atoms with E-state index in [2.05, 4.69) is 9.97 Å². The second-order valence-electron chi connectivity index (χ2n) is 1.77. The van der Waals surface area contributed by atoms with Gasteiger partial charge in [0.15, 0.2) is 0 Å². The Balaban J connectivity index is -0.0000000556. The Morgan fingerprint density at radius 3 is 0.786 bits per heavy atom. The van der Waals surface area contributed by atoms with Crippen molar-refractivity contribution in [2.45, 2.75) is 0 Å². The van der Waals surface area contributed by atoms with E-state index in [-0.39, 0.29) is 22.5 Å². The molecule has 0 atom stereocenters. The van der Waals surface area contributed by atoms with Crippen LogP contribution in [0, 0.1) is 0 Å². The Labute approximate surface area is 82.4 Å². The SMILES string of the molecule is [B+3].[F-].[F-].[F-].c1cc[nH]c1.c1cc[nH]c1. The molecule has 0 bridgehead atoms. The molecule has 0 saturated heterocycles. The van der Waals surface area contributed by atoms with Crippen LogP contribution in [0.3, 0.4) is 0 Å². The van der Waals surface area contributed by atoms with Crippen LogP contribution in [0.4, 0.5) is 0 Å². The second-order valence-corrected chi connectivity index (χ2v) is 1.77. The van der Waals surface area contributed by atoms with Gasteiger partial charge in [0.2, 0.25) is 0 Å². The first-order valence-electron chi connectivity index (χ1n) is 3.15. The summed E-state index contributed by atoms with van der Waals surface area (Å²) < 4.78 is 0. The van der Waals surface area contributed by atoms with E-state index < -0.39 is 0 Å². The van der Waals surface area contributed by atoms with Crippen molar-refractivity contribution in [3.63, 3.8) is 0 Å². The zero-order chi connectivity index (χ0) is 7.07. The molecule has 2 rings (SSSR count). The van der Waals surface area contributed by atoms with Gasteiger partial charge in [-0.3, -0.25) is 0 Å². The van der Waals surface area contributed by atoms with Crippen molar-refractivity contribution in [3.8, 4) is 0 Å². The van der Waals surface area contributed by atoms with Crippen LogP contribution in [0.2, 0.25) is 0 Å². The van der Waals surface area contributed by atoms with Crippen LogP contribution in [0.15, 0.2) is 49.1 Å². The summed E-state index contributed by atoms with van der Waals surface area (Å²) in [5.41, 5.74) is 0. The first kappa shape index (κ1) is 22.8. The fraction of sp³-hybridized carbons (Fsp3) is 0. The number of hydrogen-bond acceptors (Lipinski definition) is 0. The molecule has 14 heavy (non-hydrogen) atoms. The van der Waals surface area contributed by atoms with Crippen molar-refractivity contribution in [3.05, 3.63) is 49.1 Å². The number of nitrogens with one attached hydrogen (secondary N) is 2. The van der Waals surface area contributed by atoms with Crippen molar-refractivity contribution >= 4 is 8.41 Å². The molecule has 0 radical (unpaired) electrons. The van der Waals surface area contributed by atoms with Crippen LogP contribution in [0.5, 0.6) is 0 Å². The van der Waals surface area contributed by atoms with Gasteiger partial charge in [-0.15, -0.1) is 0 Å². The molecule has 2 N–H and O–H groups in total. The van der Waals surface area contributed by atoms with E-state index in [0.29, 0.717) is 0 Å². The minimum atomic E-state index is 0. The normalized spacial score (nSPS) is 5.71. The molecule has 6 heteroatoms. The van der Waals surface area contributed by atoms with Gasteiger partial charge in [0.05, 0.1) is 0 Å². The molecule has 2 heterocycles. The fourth-order valence-corrected chi connectivity index (χ4v) is 0.556. The smallest absolute Gasteiger partial charge is 1.00 e. The summed E-state index contributed by atoms with van der Waals surface area (Å²) in [6, 6.07) is 7.78. The standard InChI is InChI=1S/2C4H5N.B.3FH/c2*1-2-4-5-3-1;;;;/h2*1-5H;;3*1H/q;;+3;;;/p-3. The molecule has 2 aromatic heterocycles. The average molecular weight is 202 g/mol. The summed E-state index contributed by atoms with van der Waals surface area (Å²) in [5.74, 6) is 0. The van der Waals surface area contributed by atoms with Crippen LogP contribution >= 0.6 is 0 Å². The van der Waals surface area contributed by atoms with Gasteiger partial charge in [-0.05, 0) is 24.3 Å². The van der Waals surface area contributed by atoms with E-state index in [1.54, 1.807) is 0 Å². The zero-order valence-electron chi connectivity index (χ0n) is 7.33. The molecule has 0 aliphatic heterocycles. The minimum absolute atomic E-state index is 0. The molecule has 0 aliphatic carbocycles. The molecule has 0 aliphatic rings. The summed E-state index contributed by atoms with van der Waals surface area (Å²) in [7, 11) is 0. The van der Waals surface area contributed by atoms with Gasteiger partial charge in [0.25, 0.3) is 0 Å². The molecule has 2 aromatic rings. The van der Waals surface area contributed by atoms with Crippen molar-refractivity contribution in [2.24, 2.45) is 0 Å². The average Bonchev–Trinajstić information content (AvgIpc) is 2.67. The van der Waals surface area contributed by atoms with Gasteiger partial charge in [-0.25, -0.2) is 0 Å². The Morgan fingerprint density at radius 1 is 0.500 bits per heavy atom. The predicted octanol–water partition coefficient (Wildman–Crippen LogP) is -7.34. The molecule has 0 unspecified atom stereocenters. The summed E-state index contributed by atoms with van der Waals surface area (Å²) >= 11 is 0. The summed E-state index contributed by atoms with van der Waals surface area (Å²) in [4.78, 5) is 5.72. The first-order valence-corrected chi connectivity index (χ1v) is 3.15. The summed E-state index contributed by atoms with van der Waals surface area (Å²) in [6.07, 6.45) is 7.50. The molecule has 0 saturated carbocycles. The van der Waals surface area contributed by atoms with Crippen molar-refractivity contribution in [1.82, 2.24) is 9.97 Å². The van der Waals surface area contributed by atoms with Gasteiger partial charge in [-0.1, -0.05) is 0 Å². The predicted molar refractivity (Wildman–Crippen MR) is 47.3 cm³/mol. The van der Waals surface area contributed by atoms with Gasteiger partial charge in [0, 0.05) is 24.8 Å². The largest absolute Gasteiger partial charge is 3.00 e. The Kier molecular flexibility index (Phi) is 28.5.